The van der Waals surface area contributed by atoms with Crippen molar-refractivity contribution in [1.29, 1.82) is 0 Å². The molecule has 62 valence electrons. The summed E-state index contributed by atoms with van der Waals surface area (Å²) in [4.78, 5) is 0. The Morgan fingerprint density at radius 1 is 1.18 bits per heavy atom. The summed E-state index contributed by atoms with van der Waals surface area (Å²) in [6.45, 7) is 4.69. The third-order valence-electron chi connectivity index (χ3n) is 3.28. The molecule has 2 aliphatic rings. The molecule has 2 atom stereocenters. The van der Waals surface area contributed by atoms with Gasteiger partial charge in [-0.05, 0) is 42.9 Å². The van der Waals surface area contributed by atoms with Gasteiger partial charge in [0, 0.05) is 0 Å². The SMILES string of the molecule is CC(C)CC1C2C=CC1CC2. The Balaban J connectivity index is 1.97. The van der Waals surface area contributed by atoms with E-state index in [1.807, 2.05) is 0 Å². The Hall–Kier alpha value is -0.260. The second-order valence-electron chi connectivity index (χ2n) is 4.58. The van der Waals surface area contributed by atoms with Crippen LogP contribution in [0, 0.1) is 23.7 Å². The van der Waals surface area contributed by atoms with Gasteiger partial charge in [-0.15, -0.1) is 0 Å². The standard InChI is InChI=1S/C11H18/c1-8(2)7-11-9-3-4-10(11)6-5-9/h3-4,8-11H,5-7H2,1-2H3. The summed E-state index contributed by atoms with van der Waals surface area (Å²) < 4.78 is 0. The molecule has 2 rings (SSSR count). The fourth-order valence-electron chi connectivity index (χ4n) is 2.79. The summed E-state index contributed by atoms with van der Waals surface area (Å²) in [6.07, 6.45) is 9.31. The third kappa shape index (κ3) is 1.23. The van der Waals surface area contributed by atoms with E-state index < -0.39 is 0 Å². The monoisotopic (exact) mass is 150 g/mol. The molecule has 0 N–H and O–H groups in total. The van der Waals surface area contributed by atoms with Crippen LogP contribution in [-0.2, 0) is 0 Å². The highest BCUT2D eigenvalue weighted by atomic mass is 14.4. The van der Waals surface area contributed by atoms with Gasteiger partial charge in [-0.2, -0.15) is 0 Å². The van der Waals surface area contributed by atoms with E-state index in [0.29, 0.717) is 0 Å². The van der Waals surface area contributed by atoms with Crippen molar-refractivity contribution < 1.29 is 0 Å². The van der Waals surface area contributed by atoms with Crippen LogP contribution in [0.25, 0.3) is 0 Å². The molecular formula is C11H18. The van der Waals surface area contributed by atoms with E-state index in [1.54, 1.807) is 0 Å². The predicted octanol–water partition coefficient (Wildman–Crippen LogP) is 3.24. The van der Waals surface area contributed by atoms with Crippen LogP contribution in [0.15, 0.2) is 12.2 Å². The van der Waals surface area contributed by atoms with Crippen molar-refractivity contribution in [2.75, 3.05) is 0 Å². The second-order valence-corrected chi connectivity index (χ2v) is 4.58. The van der Waals surface area contributed by atoms with Gasteiger partial charge in [-0.25, -0.2) is 0 Å². The number of hydrogen-bond donors (Lipinski definition) is 0. The lowest BCUT2D eigenvalue weighted by Crippen LogP contribution is -2.09. The largest absolute Gasteiger partial charge is 0.0848 e. The lowest BCUT2D eigenvalue weighted by Gasteiger charge is -2.17. The molecule has 0 aliphatic heterocycles. The van der Waals surface area contributed by atoms with E-state index in [-0.39, 0.29) is 0 Å². The summed E-state index contributed by atoms with van der Waals surface area (Å²) in [5.74, 6) is 3.84. The number of fused-ring (bicyclic) bond motifs is 2. The zero-order valence-electron chi connectivity index (χ0n) is 7.59. The normalized spacial score (nSPS) is 40.8. The molecule has 2 aliphatic carbocycles. The Kier molecular flexibility index (Phi) is 1.78. The van der Waals surface area contributed by atoms with Crippen LogP contribution < -0.4 is 0 Å². The maximum Gasteiger partial charge on any atom is -0.0199 e. The van der Waals surface area contributed by atoms with Crippen LogP contribution in [-0.4, -0.2) is 0 Å². The quantitative estimate of drug-likeness (QED) is 0.530. The first-order chi connectivity index (χ1) is 5.27. The van der Waals surface area contributed by atoms with Crippen LogP contribution in [0.5, 0.6) is 0 Å². The molecule has 1 saturated carbocycles. The minimum atomic E-state index is 0.892. The Morgan fingerprint density at radius 2 is 1.73 bits per heavy atom. The van der Waals surface area contributed by atoms with E-state index >= 15 is 0 Å². The smallest absolute Gasteiger partial charge is 0.0199 e. The van der Waals surface area contributed by atoms with E-state index in [9.17, 15) is 0 Å². The first kappa shape index (κ1) is 7.39. The average Bonchev–Trinajstić information content (AvgIpc) is 2.48. The van der Waals surface area contributed by atoms with Gasteiger partial charge in [0.1, 0.15) is 0 Å². The first-order valence-corrected chi connectivity index (χ1v) is 4.95. The van der Waals surface area contributed by atoms with Crippen molar-refractivity contribution in [3.8, 4) is 0 Å². The molecule has 0 spiro atoms. The zero-order valence-corrected chi connectivity index (χ0v) is 7.59. The minimum absolute atomic E-state index is 0.892. The Bertz CT molecular complexity index is 153. The number of allylic oxidation sites excluding steroid dienone is 2. The van der Waals surface area contributed by atoms with Gasteiger partial charge in [0.15, 0.2) is 0 Å². The summed E-state index contributed by atoms with van der Waals surface area (Å²) >= 11 is 0. The van der Waals surface area contributed by atoms with Crippen molar-refractivity contribution in [1.82, 2.24) is 0 Å². The van der Waals surface area contributed by atoms with Crippen molar-refractivity contribution >= 4 is 0 Å². The molecule has 0 aromatic heterocycles. The van der Waals surface area contributed by atoms with Crippen LogP contribution in [0.4, 0.5) is 0 Å². The molecule has 0 heterocycles. The summed E-state index contributed by atoms with van der Waals surface area (Å²) in [7, 11) is 0. The molecule has 0 nitrogen and oxygen atoms in total. The van der Waals surface area contributed by atoms with Gasteiger partial charge >= 0.3 is 0 Å². The van der Waals surface area contributed by atoms with Gasteiger partial charge in [-0.3, -0.25) is 0 Å². The molecule has 1 fully saturated rings. The molecule has 2 unspecified atom stereocenters. The number of hydrogen-bond acceptors (Lipinski definition) is 0. The molecule has 2 bridgehead atoms. The van der Waals surface area contributed by atoms with Crippen molar-refractivity contribution in [2.45, 2.75) is 33.1 Å². The molecular weight excluding hydrogens is 132 g/mol. The molecule has 0 aromatic rings. The van der Waals surface area contributed by atoms with E-state index in [2.05, 4.69) is 26.0 Å². The van der Waals surface area contributed by atoms with Gasteiger partial charge < -0.3 is 0 Å². The van der Waals surface area contributed by atoms with E-state index in [4.69, 9.17) is 0 Å². The fraction of sp³-hybridized carbons (Fsp3) is 0.818. The van der Waals surface area contributed by atoms with Crippen molar-refractivity contribution in [2.24, 2.45) is 23.7 Å². The Morgan fingerprint density at radius 3 is 2.09 bits per heavy atom. The molecule has 0 amide bonds. The average molecular weight is 150 g/mol. The van der Waals surface area contributed by atoms with Crippen LogP contribution in [0.3, 0.4) is 0 Å². The van der Waals surface area contributed by atoms with Crippen LogP contribution in [0.1, 0.15) is 33.1 Å². The second kappa shape index (κ2) is 2.66. The van der Waals surface area contributed by atoms with Crippen LogP contribution in [0.2, 0.25) is 0 Å². The maximum absolute atomic E-state index is 2.46. The fourth-order valence-corrected chi connectivity index (χ4v) is 2.79. The third-order valence-corrected chi connectivity index (χ3v) is 3.28. The van der Waals surface area contributed by atoms with E-state index in [1.165, 1.54) is 19.3 Å². The predicted molar refractivity (Wildman–Crippen MR) is 48.3 cm³/mol. The van der Waals surface area contributed by atoms with E-state index in [0.717, 1.165) is 23.7 Å². The van der Waals surface area contributed by atoms with Gasteiger partial charge in [-0.1, -0.05) is 26.0 Å². The zero-order chi connectivity index (χ0) is 7.84. The molecule has 11 heavy (non-hydrogen) atoms. The lowest BCUT2D eigenvalue weighted by atomic mass is 9.88. The number of rotatable bonds is 2. The Labute approximate surface area is 69.7 Å². The highest BCUT2D eigenvalue weighted by Gasteiger charge is 2.37. The van der Waals surface area contributed by atoms with Crippen molar-refractivity contribution in [3.63, 3.8) is 0 Å². The van der Waals surface area contributed by atoms with Gasteiger partial charge in [0.25, 0.3) is 0 Å². The molecule has 0 heteroatoms. The first-order valence-electron chi connectivity index (χ1n) is 4.95. The topological polar surface area (TPSA) is 0 Å². The minimum Gasteiger partial charge on any atom is -0.0848 e. The highest BCUT2D eigenvalue weighted by Crippen LogP contribution is 2.46. The highest BCUT2D eigenvalue weighted by molar-refractivity contribution is 5.11. The van der Waals surface area contributed by atoms with Gasteiger partial charge in [0.05, 0.1) is 0 Å². The van der Waals surface area contributed by atoms with Crippen LogP contribution >= 0.6 is 0 Å². The van der Waals surface area contributed by atoms with Crippen molar-refractivity contribution in [3.05, 3.63) is 12.2 Å². The summed E-state index contributed by atoms with van der Waals surface area (Å²) in [5, 5.41) is 0. The lowest BCUT2D eigenvalue weighted by molar-refractivity contribution is 0.345. The summed E-state index contributed by atoms with van der Waals surface area (Å²) in [6, 6.07) is 0. The molecule has 0 radical (unpaired) electrons. The maximum atomic E-state index is 2.46. The molecule has 0 saturated heterocycles. The molecule has 0 aromatic carbocycles. The van der Waals surface area contributed by atoms with Gasteiger partial charge in [0.2, 0.25) is 0 Å². The summed E-state index contributed by atoms with van der Waals surface area (Å²) in [5.41, 5.74) is 0.